The van der Waals surface area contributed by atoms with E-state index in [1.807, 2.05) is 31.2 Å². The van der Waals surface area contributed by atoms with Gasteiger partial charge in [-0.05, 0) is 31.2 Å². The average molecular weight is 241 g/mol. The predicted molar refractivity (Wildman–Crippen MR) is 71.0 cm³/mol. The number of nitrogen functional groups attached to an aromatic ring is 1. The molecule has 0 spiro atoms. The molecule has 0 bridgehead atoms. The van der Waals surface area contributed by atoms with E-state index in [0.29, 0.717) is 17.8 Å². The summed E-state index contributed by atoms with van der Waals surface area (Å²) < 4.78 is 0. The van der Waals surface area contributed by atoms with Crippen LogP contribution < -0.4 is 11.1 Å². The highest BCUT2D eigenvalue weighted by Gasteiger charge is 2.09. The molecule has 1 heterocycles. The predicted octanol–water partition coefficient (Wildman–Crippen LogP) is 1.90. The Labute approximate surface area is 106 Å². The molecule has 0 aliphatic rings. The third-order valence-electron chi connectivity index (χ3n) is 2.61. The summed E-state index contributed by atoms with van der Waals surface area (Å²) in [4.78, 5) is 16.1. The molecule has 3 N–H and O–H groups in total. The Kier molecular flexibility index (Phi) is 3.57. The zero-order chi connectivity index (χ0) is 13.0. The second kappa shape index (κ2) is 5.31. The number of aromatic nitrogens is 1. The highest BCUT2D eigenvalue weighted by Crippen LogP contribution is 2.13. The van der Waals surface area contributed by atoms with Crippen molar-refractivity contribution < 1.29 is 4.79 Å². The standard InChI is InChI=1S/C14H15N3O/c1-10-5-6-13(15)12(8-10)14(18)17-9-11-4-2-3-7-16-11/h2-8H,9,15H2,1H3,(H,17,18). The van der Waals surface area contributed by atoms with Gasteiger partial charge in [-0.15, -0.1) is 0 Å². The Bertz CT molecular complexity index is 552. The second-order valence-corrected chi connectivity index (χ2v) is 4.09. The summed E-state index contributed by atoms with van der Waals surface area (Å²) in [5.41, 5.74) is 8.60. The molecule has 18 heavy (non-hydrogen) atoms. The fourth-order valence-electron chi connectivity index (χ4n) is 1.64. The van der Waals surface area contributed by atoms with Crippen LogP contribution in [0.2, 0.25) is 0 Å². The highest BCUT2D eigenvalue weighted by atomic mass is 16.1. The molecular weight excluding hydrogens is 226 g/mol. The van der Waals surface area contributed by atoms with E-state index in [-0.39, 0.29) is 5.91 Å². The molecule has 1 amide bonds. The SMILES string of the molecule is Cc1ccc(N)c(C(=O)NCc2ccccn2)c1. The summed E-state index contributed by atoms with van der Waals surface area (Å²) in [6.45, 7) is 2.32. The number of aryl methyl sites for hydroxylation is 1. The van der Waals surface area contributed by atoms with E-state index in [0.717, 1.165) is 11.3 Å². The van der Waals surface area contributed by atoms with Gasteiger partial charge in [0.2, 0.25) is 0 Å². The number of hydrogen-bond acceptors (Lipinski definition) is 3. The lowest BCUT2D eigenvalue weighted by molar-refractivity contribution is 0.0951. The van der Waals surface area contributed by atoms with Crippen molar-refractivity contribution in [1.29, 1.82) is 0 Å². The molecule has 0 aliphatic heterocycles. The molecule has 4 nitrogen and oxygen atoms in total. The van der Waals surface area contributed by atoms with E-state index in [1.54, 1.807) is 18.3 Å². The van der Waals surface area contributed by atoms with Crippen molar-refractivity contribution in [2.24, 2.45) is 0 Å². The summed E-state index contributed by atoms with van der Waals surface area (Å²) in [6, 6.07) is 11.0. The zero-order valence-electron chi connectivity index (χ0n) is 10.2. The van der Waals surface area contributed by atoms with E-state index in [2.05, 4.69) is 10.3 Å². The molecule has 2 aromatic rings. The van der Waals surface area contributed by atoms with Gasteiger partial charge >= 0.3 is 0 Å². The maximum atomic E-state index is 12.0. The summed E-state index contributed by atoms with van der Waals surface area (Å²) in [5.74, 6) is -0.179. The number of nitrogens with two attached hydrogens (primary N) is 1. The average Bonchev–Trinajstić information content (AvgIpc) is 2.40. The lowest BCUT2D eigenvalue weighted by atomic mass is 10.1. The van der Waals surface area contributed by atoms with Gasteiger partial charge < -0.3 is 11.1 Å². The fourth-order valence-corrected chi connectivity index (χ4v) is 1.64. The van der Waals surface area contributed by atoms with Crippen LogP contribution in [0.4, 0.5) is 5.69 Å². The van der Waals surface area contributed by atoms with Crippen LogP contribution in [0, 0.1) is 6.92 Å². The molecule has 2 rings (SSSR count). The number of pyridine rings is 1. The van der Waals surface area contributed by atoms with Gasteiger partial charge in [0.15, 0.2) is 0 Å². The van der Waals surface area contributed by atoms with Gasteiger partial charge in [0, 0.05) is 11.9 Å². The molecule has 1 aromatic carbocycles. The first-order chi connectivity index (χ1) is 8.66. The normalized spacial score (nSPS) is 10.1. The van der Waals surface area contributed by atoms with E-state index in [1.165, 1.54) is 0 Å². The molecule has 0 saturated heterocycles. The smallest absolute Gasteiger partial charge is 0.253 e. The number of nitrogens with one attached hydrogen (secondary N) is 1. The summed E-state index contributed by atoms with van der Waals surface area (Å²) >= 11 is 0. The van der Waals surface area contributed by atoms with Gasteiger partial charge in [0.05, 0.1) is 17.8 Å². The van der Waals surface area contributed by atoms with Gasteiger partial charge in [0.1, 0.15) is 0 Å². The van der Waals surface area contributed by atoms with Crippen LogP contribution in [0.3, 0.4) is 0 Å². The number of rotatable bonds is 3. The number of benzene rings is 1. The van der Waals surface area contributed by atoms with Crippen molar-refractivity contribution >= 4 is 11.6 Å². The van der Waals surface area contributed by atoms with Crippen LogP contribution in [0.1, 0.15) is 21.6 Å². The molecule has 0 unspecified atom stereocenters. The number of nitrogens with zero attached hydrogens (tertiary/aromatic N) is 1. The van der Waals surface area contributed by atoms with Crippen LogP contribution in [-0.4, -0.2) is 10.9 Å². The van der Waals surface area contributed by atoms with Crippen molar-refractivity contribution in [3.63, 3.8) is 0 Å². The van der Waals surface area contributed by atoms with Crippen LogP contribution in [0.25, 0.3) is 0 Å². The lowest BCUT2D eigenvalue weighted by Crippen LogP contribution is -2.24. The quantitative estimate of drug-likeness (QED) is 0.806. The maximum Gasteiger partial charge on any atom is 0.253 e. The third kappa shape index (κ3) is 2.85. The number of amides is 1. The van der Waals surface area contributed by atoms with Gasteiger partial charge in [0.25, 0.3) is 5.91 Å². The topological polar surface area (TPSA) is 68.0 Å². The monoisotopic (exact) mass is 241 g/mol. The van der Waals surface area contributed by atoms with Crippen LogP contribution >= 0.6 is 0 Å². The van der Waals surface area contributed by atoms with Crippen LogP contribution in [0.5, 0.6) is 0 Å². The number of hydrogen-bond donors (Lipinski definition) is 2. The first kappa shape index (κ1) is 12.1. The number of carbonyl (C=O) groups excluding carboxylic acids is 1. The minimum Gasteiger partial charge on any atom is -0.398 e. The molecule has 0 aliphatic carbocycles. The molecular formula is C14H15N3O. The zero-order valence-corrected chi connectivity index (χ0v) is 10.2. The van der Waals surface area contributed by atoms with Crippen LogP contribution in [0.15, 0.2) is 42.6 Å². The molecule has 0 radical (unpaired) electrons. The molecule has 0 atom stereocenters. The second-order valence-electron chi connectivity index (χ2n) is 4.09. The number of anilines is 1. The molecule has 0 saturated carbocycles. The highest BCUT2D eigenvalue weighted by molar-refractivity contribution is 5.99. The Hall–Kier alpha value is -2.36. The van der Waals surface area contributed by atoms with E-state index >= 15 is 0 Å². The fraction of sp³-hybridized carbons (Fsp3) is 0.143. The van der Waals surface area contributed by atoms with E-state index < -0.39 is 0 Å². The van der Waals surface area contributed by atoms with Crippen molar-refractivity contribution in [3.05, 3.63) is 59.4 Å². The first-order valence-electron chi connectivity index (χ1n) is 5.71. The van der Waals surface area contributed by atoms with Crippen molar-refractivity contribution in [1.82, 2.24) is 10.3 Å². The Morgan fingerprint density at radius 1 is 1.33 bits per heavy atom. The van der Waals surface area contributed by atoms with Gasteiger partial charge in [-0.1, -0.05) is 17.7 Å². The van der Waals surface area contributed by atoms with Crippen molar-refractivity contribution in [2.75, 3.05) is 5.73 Å². The minimum absolute atomic E-state index is 0.179. The minimum atomic E-state index is -0.179. The molecule has 0 fully saturated rings. The van der Waals surface area contributed by atoms with Crippen LogP contribution in [-0.2, 0) is 6.54 Å². The van der Waals surface area contributed by atoms with E-state index in [9.17, 15) is 4.79 Å². The third-order valence-corrected chi connectivity index (χ3v) is 2.61. The lowest BCUT2D eigenvalue weighted by Gasteiger charge is -2.08. The Balaban J connectivity index is 2.06. The summed E-state index contributed by atoms with van der Waals surface area (Å²) in [6.07, 6.45) is 1.70. The maximum absolute atomic E-state index is 12.0. The Morgan fingerprint density at radius 3 is 2.89 bits per heavy atom. The van der Waals surface area contributed by atoms with Crippen molar-refractivity contribution in [3.8, 4) is 0 Å². The molecule has 4 heteroatoms. The van der Waals surface area contributed by atoms with Crippen molar-refractivity contribution in [2.45, 2.75) is 13.5 Å². The van der Waals surface area contributed by atoms with Gasteiger partial charge in [-0.3, -0.25) is 9.78 Å². The molecule has 92 valence electrons. The molecule has 1 aromatic heterocycles. The number of carbonyl (C=O) groups is 1. The van der Waals surface area contributed by atoms with Gasteiger partial charge in [-0.25, -0.2) is 0 Å². The largest absolute Gasteiger partial charge is 0.398 e. The Morgan fingerprint density at radius 2 is 2.17 bits per heavy atom. The summed E-state index contributed by atoms with van der Waals surface area (Å²) in [7, 11) is 0. The van der Waals surface area contributed by atoms with Gasteiger partial charge in [-0.2, -0.15) is 0 Å². The first-order valence-corrected chi connectivity index (χ1v) is 5.71. The summed E-state index contributed by atoms with van der Waals surface area (Å²) in [5, 5.41) is 2.80. The van der Waals surface area contributed by atoms with E-state index in [4.69, 9.17) is 5.73 Å².